The number of nitrogens with two attached hydrogens (primary N) is 1. The molecule has 5 heteroatoms. The third kappa shape index (κ3) is 2.53. The van der Waals surface area contributed by atoms with Crippen molar-refractivity contribution in [2.45, 2.75) is 6.61 Å². The van der Waals surface area contributed by atoms with Crippen molar-refractivity contribution in [1.29, 1.82) is 0 Å². The number of ether oxygens (including phenoxy) is 1. The number of hydrogen-bond donors (Lipinski definition) is 2. The second-order valence-corrected chi connectivity index (χ2v) is 4.29. The number of hydrazine groups is 1. The fourth-order valence-corrected chi connectivity index (χ4v) is 1.95. The first-order valence-corrected chi connectivity index (χ1v) is 6.27. The molecule has 0 aliphatic carbocycles. The Morgan fingerprint density at radius 3 is 2.50 bits per heavy atom. The van der Waals surface area contributed by atoms with Crippen molar-refractivity contribution in [3.63, 3.8) is 0 Å². The maximum absolute atomic E-state index is 5.80. The summed E-state index contributed by atoms with van der Waals surface area (Å²) in [6.45, 7) is 0.450. The number of aromatic nitrogens is 2. The quantitative estimate of drug-likeness (QED) is 0.560. The summed E-state index contributed by atoms with van der Waals surface area (Å²) in [6, 6.07) is 17.6. The Morgan fingerprint density at radius 2 is 1.70 bits per heavy atom. The Balaban J connectivity index is 1.93. The van der Waals surface area contributed by atoms with Crippen LogP contribution in [0.2, 0.25) is 0 Å². The number of fused-ring (bicyclic) bond motifs is 1. The molecule has 3 rings (SSSR count). The van der Waals surface area contributed by atoms with E-state index in [1.54, 1.807) is 0 Å². The smallest absolute Gasteiger partial charge is 0.241 e. The van der Waals surface area contributed by atoms with Crippen LogP contribution in [0.4, 0.5) is 5.95 Å². The van der Waals surface area contributed by atoms with Crippen molar-refractivity contribution < 1.29 is 4.74 Å². The summed E-state index contributed by atoms with van der Waals surface area (Å²) in [5, 5.41) is 0.863. The number of hydrogen-bond acceptors (Lipinski definition) is 5. The predicted molar refractivity (Wildman–Crippen MR) is 78.1 cm³/mol. The van der Waals surface area contributed by atoms with E-state index in [2.05, 4.69) is 15.4 Å². The average Bonchev–Trinajstić information content (AvgIpc) is 2.53. The predicted octanol–water partition coefficient (Wildman–Crippen LogP) is 2.49. The summed E-state index contributed by atoms with van der Waals surface area (Å²) in [5.41, 5.74) is 4.33. The molecular formula is C15H14N4O. The van der Waals surface area contributed by atoms with Crippen LogP contribution >= 0.6 is 0 Å². The highest BCUT2D eigenvalue weighted by atomic mass is 16.5. The molecule has 100 valence electrons. The highest BCUT2D eigenvalue weighted by Crippen LogP contribution is 2.24. The van der Waals surface area contributed by atoms with Crippen molar-refractivity contribution in [1.82, 2.24) is 9.97 Å². The molecule has 2 aromatic carbocycles. The minimum atomic E-state index is 0.340. The van der Waals surface area contributed by atoms with Crippen LogP contribution in [0.15, 0.2) is 54.6 Å². The Kier molecular flexibility index (Phi) is 3.43. The van der Waals surface area contributed by atoms with Crippen LogP contribution in [0.1, 0.15) is 5.56 Å². The highest BCUT2D eigenvalue weighted by molar-refractivity contribution is 5.84. The van der Waals surface area contributed by atoms with E-state index in [4.69, 9.17) is 10.6 Å². The van der Waals surface area contributed by atoms with E-state index in [-0.39, 0.29) is 0 Å². The maximum atomic E-state index is 5.80. The lowest BCUT2D eigenvalue weighted by atomic mass is 10.2. The molecule has 5 nitrogen and oxygen atoms in total. The van der Waals surface area contributed by atoms with E-state index >= 15 is 0 Å². The summed E-state index contributed by atoms with van der Waals surface area (Å²) >= 11 is 0. The molecule has 3 aromatic rings. The topological polar surface area (TPSA) is 73.1 Å². The van der Waals surface area contributed by atoms with Gasteiger partial charge >= 0.3 is 0 Å². The molecule has 0 aliphatic rings. The van der Waals surface area contributed by atoms with Gasteiger partial charge in [0, 0.05) is 0 Å². The van der Waals surface area contributed by atoms with E-state index in [0.29, 0.717) is 18.4 Å². The van der Waals surface area contributed by atoms with Crippen LogP contribution in [0, 0.1) is 0 Å². The summed E-state index contributed by atoms with van der Waals surface area (Å²) in [6.07, 6.45) is 0. The zero-order valence-electron chi connectivity index (χ0n) is 10.8. The molecule has 0 fully saturated rings. The lowest BCUT2D eigenvalue weighted by molar-refractivity contribution is 0.298. The molecule has 1 aromatic heterocycles. The van der Waals surface area contributed by atoms with Gasteiger partial charge < -0.3 is 4.74 Å². The number of anilines is 1. The van der Waals surface area contributed by atoms with Crippen LogP contribution < -0.4 is 16.0 Å². The van der Waals surface area contributed by atoms with Gasteiger partial charge in [-0.1, -0.05) is 42.5 Å². The first-order valence-electron chi connectivity index (χ1n) is 6.27. The summed E-state index contributed by atoms with van der Waals surface area (Å²) in [5.74, 6) is 6.25. The molecule has 20 heavy (non-hydrogen) atoms. The monoisotopic (exact) mass is 266 g/mol. The average molecular weight is 266 g/mol. The van der Waals surface area contributed by atoms with Gasteiger partial charge in [0.15, 0.2) is 0 Å². The second kappa shape index (κ2) is 5.54. The molecule has 0 bridgehead atoms. The van der Waals surface area contributed by atoms with Gasteiger partial charge in [0.25, 0.3) is 0 Å². The normalized spacial score (nSPS) is 10.4. The molecule has 0 unspecified atom stereocenters. The van der Waals surface area contributed by atoms with Gasteiger partial charge in [0.2, 0.25) is 11.8 Å². The number of para-hydroxylation sites is 1. The number of rotatable bonds is 4. The van der Waals surface area contributed by atoms with Crippen molar-refractivity contribution in [3.8, 4) is 5.88 Å². The lowest BCUT2D eigenvalue weighted by Gasteiger charge is -2.09. The van der Waals surface area contributed by atoms with Gasteiger partial charge in [0.1, 0.15) is 6.61 Å². The van der Waals surface area contributed by atoms with E-state index in [9.17, 15) is 0 Å². The Labute approximate surface area is 116 Å². The van der Waals surface area contributed by atoms with Crippen LogP contribution in [0.5, 0.6) is 5.88 Å². The van der Waals surface area contributed by atoms with E-state index < -0.39 is 0 Å². The molecular weight excluding hydrogens is 252 g/mol. The largest absolute Gasteiger partial charge is 0.472 e. The van der Waals surface area contributed by atoms with Gasteiger partial charge in [-0.2, -0.15) is 4.98 Å². The third-order valence-corrected chi connectivity index (χ3v) is 2.92. The molecule has 0 amide bonds. The van der Waals surface area contributed by atoms with Gasteiger partial charge in [-0.15, -0.1) is 0 Å². The third-order valence-electron chi connectivity index (χ3n) is 2.92. The Bertz CT molecular complexity index is 715. The number of nitrogens with one attached hydrogen (secondary N) is 1. The lowest BCUT2D eigenvalue weighted by Crippen LogP contribution is -2.11. The van der Waals surface area contributed by atoms with E-state index in [1.807, 2.05) is 54.6 Å². The zero-order chi connectivity index (χ0) is 13.8. The van der Waals surface area contributed by atoms with Crippen LogP contribution in [-0.4, -0.2) is 9.97 Å². The minimum absolute atomic E-state index is 0.340. The van der Waals surface area contributed by atoms with Gasteiger partial charge in [-0.3, -0.25) is 5.43 Å². The standard InChI is InChI=1S/C15H14N4O/c16-19-15-17-13-9-5-4-8-12(13)14(18-15)20-10-11-6-2-1-3-7-11/h1-9H,10,16H2,(H,17,18,19). The van der Waals surface area contributed by atoms with Gasteiger partial charge in [-0.25, -0.2) is 10.8 Å². The summed E-state index contributed by atoms with van der Waals surface area (Å²) < 4.78 is 5.80. The van der Waals surface area contributed by atoms with Crippen molar-refractivity contribution in [3.05, 3.63) is 60.2 Å². The minimum Gasteiger partial charge on any atom is -0.472 e. The van der Waals surface area contributed by atoms with Gasteiger partial charge in [-0.05, 0) is 17.7 Å². The molecule has 0 spiro atoms. The Morgan fingerprint density at radius 1 is 0.950 bits per heavy atom. The maximum Gasteiger partial charge on any atom is 0.241 e. The first-order chi connectivity index (χ1) is 9.86. The molecule has 3 N–H and O–H groups in total. The van der Waals surface area contributed by atoms with Crippen molar-refractivity contribution in [2.24, 2.45) is 5.84 Å². The van der Waals surface area contributed by atoms with Gasteiger partial charge in [0.05, 0.1) is 10.9 Å². The SMILES string of the molecule is NNc1nc(OCc2ccccc2)c2ccccc2n1. The number of nitrogen functional groups attached to an aromatic ring is 1. The van der Waals surface area contributed by atoms with E-state index in [1.165, 1.54) is 0 Å². The summed E-state index contributed by atoms with van der Waals surface area (Å²) in [4.78, 5) is 8.55. The van der Waals surface area contributed by atoms with Crippen molar-refractivity contribution >= 4 is 16.9 Å². The highest BCUT2D eigenvalue weighted by Gasteiger charge is 2.08. The summed E-state index contributed by atoms with van der Waals surface area (Å²) in [7, 11) is 0. The van der Waals surface area contributed by atoms with Crippen LogP contribution in [-0.2, 0) is 6.61 Å². The number of nitrogens with zero attached hydrogens (tertiary/aromatic N) is 2. The molecule has 0 saturated heterocycles. The van der Waals surface area contributed by atoms with Crippen molar-refractivity contribution in [2.75, 3.05) is 5.43 Å². The Hall–Kier alpha value is -2.66. The molecule has 1 heterocycles. The molecule has 0 atom stereocenters. The van der Waals surface area contributed by atoms with Crippen LogP contribution in [0.3, 0.4) is 0 Å². The molecule has 0 saturated carbocycles. The molecule has 0 aliphatic heterocycles. The zero-order valence-corrected chi connectivity index (χ0v) is 10.8. The second-order valence-electron chi connectivity index (χ2n) is 4.29. The van der Waals surface area contributed by atoms with Crippen LogP contribution in [0.25, 0.3) is 10.9 Å². The fourth-order valence-electron chi connectivity index (χ4n) is 1.95. The van der Waals surface area contributed by atoms with E-state index in [0.717, 1.165) is 16.5 Å². The first kappa shape index (κ1) is 12.4. The fraction of sp³-hybridized carbons (Fsp3) is 0.0667. The molecule has 0 radical (unpaired) electrons. The number of benzene rings is 2.